The van der Waals surface area contributed by atoms with Gasteiger partial charge in [0.1, 0.15) is 5.54 Å². The molecule has 0 aromatic rings. The predicted octanol–water partition coefficient (Wildman–Crippen LogP) is 1.18. The van der Waals surface area contributed by atoms with Crippen molar-refractivity contribution in [3.05, 3.63) is 0 Å². The third-order valence-electron chi connectivity index (χ3n) is 3.84. The summed E-state index contributed by atoms with van der Waals surface area (Å²) in [6.45, 7) is 4.63. The van der Waals surface area contributed by atoms with Gasteiger partial charge in [0.25, 0.3) is 0 Å². The molecule has 0 saturated heterocycles. The third kappa shape index (κ3) is 9.87. The first-order valence-corrected chi connectivity index (χ1v) is 8.48. The van der Waals surface area contributed by atoms with Gasteiger partial charge in [-0.2, -0.15) is 4.89 Å². The normalized spacial score (nSPS) is 15.4. The topological polar surface area (TPSA) is 106 Å². The number of nitrogens with zero attached hydrogens (tertiary/aromatic N) is 1. The lowest BCUT2D eigenvalue weighted by molar-refractivity contribution is -0.188. The predicted molar refractivity (Wildman–Crippen MR) is 98.9 cm³/mol. The van der Waals surface area contributed by atoms with E-state index in [2.05, 4.69) is 15.2 Å². The molecule has 0 bridgehead atoms. The maximum atomic E-state index is 12.1. The second kappa shape index (κ2) is 13.7. The number of aliphatic imine (C=N–C) groups is 1. The zero-order valence-corrected chi connectivity index (χ0v) is 17.4. The minimum absolute atomic E-state index is 0.125. The van der Waals surface area contributed by atoms with Crippen molar-refractivity contribution in [3.63, 3.8) is 0 Å². The monoisotopic (exact) mass is 394 g/mol. The average Bonchev–Trinajstić information content (AvgIpc) is 2.59. The molecule has 27 heavy (non-hydrogen) atoms. The highest BCUT2D eigenvalue weighted by atomic mass is 17.2. The van der Waals surface area contributed by atoms with Crippen LogP contribution in [0, 0.1) is 0 Å². The van der Waals surface area contributed by atoms with Gasteiger partial charge in [-0.15, -0.1) is 0 Å². The molecule has 0 rings (SSSR count). The molecule has 0 aliphatic carbocycles. The van der Waals surface area contributed by atoms with E-state index in [0.717, 1.165) is 0 Å². The number of alkyl carbamates (subject to hydrolysis) is 1. The van der Waals surface area contributed by atoms with Crippen LogP contribution in [0.1, 0.15) is 20.3 Å². The first-order chi connectivity index (χ1) is 12.8. The van der Waals surface area contributed by atoms with Gasteiger partial charge in [0, 0.05) is 34.9 Å². The molecule has 10 heteroatoms. The van der Waals surface area contributed by atoms with Gasteiger partial charge < -0.3 is 33.9 Å². The molecule has 0 aromatic carbocycles. The molecular weight excluding hydrogens is 360 g/mol. The Morgan fingerprint density at radius 3 is 2.11 bits per heavy atom. The van der Waals surface area contributed by atoms with Crippen molar-refractivity contribution in [3.8, 4) is 0 Å². The van der Waals surface area contributed by atoms with Gasteiger partial charge in [-0.05, 0) is 13.8 Å². The quantitative estimate of drug-likeness (QED) is 0.191. The lowest BCUT2D eigenvalue weighted by atomic mass is 9.94. The van der Waals surface area contributed by atoms with E-state index in [1.165, 1.54) is 13.5 Å². The summed E-state index contributed by atoms with van der Waals surface area (Å²) in [5, 5.41) is 2.75. The molecule has 0 fully saturated rings. The Bertz CT molecular complexity index is 429. The van der Waals surface area contributed by atoms with Crippen molar-refractivity contribution in [2.24, 2.45) is 4.99 Å². The molecule has 1 N–H and O–H groups in total. The fraction of sp³-hybridized carbons (Fsp3) is 0.882. The standard InChI is InChI=1S/C17H34N2O8/c1-16(10-21-3,11-22-4)19-15(20)26-9-8-14(24-6)17(2,12-23-5)18-13-27-25-7/h13-14H,8-12H2,1-7H3,(H,19,20). The largest absolute Gasteiger partial charge is 0.449 e. The molecule has 10 nitrogen and oxygen atoms in total. The first kappa shape index (κ1) is 25.5. The van der Waals surface area contributed by atoms with Gasteiger partial charge in [-0.3, -0.25) is 0 Å². The highest BCUT2D eigenvalue weighted by Gasteiger charge is 2.35. The maximum Gasteiger partial charge on any atom is 0.407 e. The van der Waals surface area contributed by atoms with Gasteiger partial charge in [-0.1, -0.05) is 0 Å². The number of nitrogens with one attached hydrogen (secondary N) is 1. The molecule has 160 valence electrons. The van der Waals surface area contributed by atoms with Crippen LogP contribution in [0.15, 0.2) is 4.99 Å². The Balaban J connectivity index is 4.72. The summed E-state index contributed by atoms with van der Waals surface area (Å²) in [5.74, 6) is 0. The van der Waals surface area contributed by atoms with E-state index in [9.17, 15) is 4.79 Å². The fourth-order valence-electron chi connectivity index (χ4n) is 2.67. The van der Waals surface area contributed by atoms with E-state index >= 15 is 0 Å². The molecule has 0 radical (unpaired) electrons. The van der Waals surface area contributed by atoms with E-state index in [0.29, 0.717) is 6.42 Å². The molecule has 0 saturated carbocycles. The highest BCUT2D eigenvalue weighted by molar-refractivity contribution is 5.68. The Hall–Kier alpha value is -1.46. The van der Waals surface area contributed by atoms with Gasteiger partial charge in [0.2, 0.25) is 6.40 Å². The summed E-state index contributed by atoms with van der Waals surface area (Å²) in [6, 6.07) is 0. The number of carbonyl (C=O) groups is 1. The number of ether oxygens (including phenoxy) is 5. The summed E-state index contributed by atoms with van der Waals surface area (Å²) in [6.07, 6.45) is 0.631. The van der Waals surface area contributed by atoms with Crippen molar-refractivity contribution < 1.29 is 38.3 Å². The average molecular weight is 394 g/mol. The maximum absolute atomic E-state index is 12.1. The fourth-order valence-corrected chi connectivity index (χ4v) is 2.67. The van der Waals surface area contributed by atoms with Gasteiger partial charge in [-0.25, -0.2) is 9.79 Å². The second-order valence-corrected chi connectivity index (χ2v) is 6.49. The summed E-state index contributed by atoms with van der Waals surface area (Å²) in [7, 11) is 7.59. The number of rotatable bonds is 15. The Kier molecular flexibility index (Phi) is 12.9. The first-order valence-electron chi connectivity index (χ1n) is 8.48. The van der Waals surface area contributed by atoms with E-state index in [-0.39, 0.29) is 32.5 Å². The number of hydrogen-bond acceptors (Lipinski definition) is 9. The van der Waals surface area contributed by atoms with Gasteiger partial charge in [0.15, 0.2) is 0 Å². The van der Waals surface area contributed by atoms with Crippen LogP contribution in [0.25, 0.3) is 0 Å². The number of methoxy groups -OCH3 is 4. The van der Waals surface area contributed by atoms with E-state index in [4.69, 9.17) is 28.6 Å². The number of amides is 1. The number of carbonyl (C=O) groups excluding carboxylic acids is 1. The zero-order chi connectivity index (χ0) is 20.8. The minimum atomic E-state index is -0.748. The molecule has 2 unspecified atom stereocenters. The van der Waals surface area contributed by atoms with E-state index in [1.807, 2.05) is 6.92 Å². The number of hydrogen-bond donors (Lipinski definition) is 1. The molecule has 0 aromatic heterocycles. The van der Waals surface area contributed by atoms with Crippen molar-refractivity contribution in [2.75, 3.05) is 62.0 Å². The van der Waals surface area contributed by atoms with Crippen LogP contribution >= 0.6 is 0 Å². The van der Waals surface area contributed by atoms with Crippen molar-refractivity contribution in [2.45, 2.75) is 37.5 Å². The highest BCUT2D eigenvalue weighted by Crippen LogP contribution is 2.22. The molecule has 1 amide bonds. The van der Waals surface area contributed by atoms with Crippen LogP contribution in [0.3, 0.4) is 0 Å². The van der Waals surface area contributed by atoms with E-state index in [1.54, 1.807) is 35.4 Å². The van der Waals surface area contributed by atoms with Crippen LogP contribution in [0.5, 0.6) is 0 Å². The molecular formula is C17H34N2O8. The SMILES string of the molecule is COCC(C)(COC)NC(=O)OCCC(OC)C(C)(COC)N=COOC. The lowest BCUT2D eigenvalue weighted by Crippen LogP contribution is -2.53. The smallest absolute Gasteiger partial charge is 0.407 e. The van der Waals surface area contributed by atoms with Crippen LogP contribution in [0.2, 0.25) is 0 Å². The molecule has 2 atom stereocenters. The Morgan fingerprint density at radius 2 is 1.63 bits per heavy atom. The van der Waals surface area contributed by atoms with Crippen LogP contribution in [0.4, 0.5) is 4.79 Å². The van der Waals surface area contributed by atoms with Crippen molar-refractivity contribution >= 4 is 12.5 Å². The lowest BCUT2D eigenvalue weighted by Gasteiger charge is -2.32. The van der Waals surface area contributed by atoms with Gasteiger partial charge >= 0.3 is 6.09 Å². The summed E-state index contributed by atoms with van der Waals surface area (Å²) in [4.78, 5) is 25.6. The summed E-state index contributed by atoms with van der Waals surface area (Å²) in [5.41, 5.74) is -1.43. The third-order valence-corrected chi connectivity index (χ3v) is 3.84. The minimum Gasteiger partial charge on any atom is -0.449 e. The molecule has 0 aliphatic rings. The molecule has 0 aliphatic heterocycles. The zero-order valence-electron chi connectivity index (χ0n) is 17.4. The Labute approximate surface area is 161 Å². The van der Waals surface area contributed by atoms with Gasteiger partial charge in [0.05, 0.1) is 45.2 Å². The second-order valence-electron chi connectivity index (χ2n) is 6.49. The van der Waals surface area contributed by atoms with Crippen molar-refractivity contribution in [1.82, 2.24) is 5.32 Å². The summed E-state index contributed by atoms with van der Waals surface area (Å²) >= 11 is 0. The van der Waals surface area contributed by atoms with Crippen LogP contribution in [-0.4, -0.2) is 91.7 Å². The molecule has 0 spiro atoms. The van der Waals surface area contributed by atoms with Crippen LogP contribution < -0.4 is 5.32 Å². The molecule has 0 heterocycles. The van der Waals surface area contributed by atoms with Crippen LogP contribution in [-0.2, 0) is 33.5 Å². The Morgan fingerprint density at radius 1 is 1.04 bits per heavy atom. The summed E-state index contributed by atoms with van der Waals surface area (Å²) < 4.78 is 26.3. The van der Waals surface area contributed by atoms with E-state index < -0.39 is 17.2 Å². The van der Waals surface area contributed by atoms with Crippen molar-refractivity contribution in [1.29, 1.82) is 0 Å².